The van der Waals surface area contributed by atoms with E-state index in [1.807, 2.05) is 24.3 Å². The predicted molar refractivity (Wildman–Crippen MR) is 98.8 cm³/mol. The number of para-hydroxylation sites is 1. The Labute approximate surface area is 155 Å². The fraction of sp³-hybridized carbons (Fsp3) is 0.0588. The topological polar surface area (TPSA) is 80.5 Å². The maximum absolute atomic E-state index is 12.5. The van der Waals surface area contributed by atoms with Crippen LogP contribution >= 0.6 is 27.7 Å². The van der Waals surface area contributed by atoms with Crippen LogP contribution in [0.25, 0.3) is 6.08 Å². The van der Waals surface area contributed by atoms with Gasteiger partial charge in [-0.1, -0.05) is 40.2 Å². The average molecular weight is 419 g/mol. The molecule has 0 spiro atoms. The van der Waals surface area contributed by atoms with Gasteiger partial charge in [0.2, 0.25) is 0 Å². The van der Waals surface area contributed by atoms with Crippen LogP contribution in [0.15, 0.2) is 57.9 Å². The molecule has 1 aliphatic heterocycles. The quantitative estimate of drug-likeness (QED) is 0.411. The van der Waals surface area contributed by atoms with Gasteiger partial charge in [-0.05, 0) is 41.6 Å². The Kier molecular flexibility index (Phi) is 5.00. The largest absolute Gasteiger partial charge is 0.293 e. The molecule has 2 aromatic carbocycles. The Hall–Kier alpha value is -2.45. The molecule has 6 nitrogen and oxygen atoms in total. The first kappa shape index (κ1) is 17.4. The van der Waals surface area contributed by atoms with Crippen molar-refractivity contribution in [1.29, 1.82) is 0 Å². The van der Waals surface area contributed by atoms with Gasteiger partial charge in [0.1, 0.15) is 0 Å². The van der Waals surface area contributed by atoms with Crippen molar-refractivity contribution >= 4 is 50.6 Å². The number of amides is 2. The number of hydrogen-bond donors (Lipinski definition) is 0. The van der Waals surface area contributed by atoms with E-state index in [1.54, 1.807) is 18.2 Å². The SMILES string of the molecule is O=C1S/C(=C/c2ccccc2[N+](=O)[O-])C(=O)N1Cc1ccc(Br)cc1. The smallest absolute Gasteiger partial charge is 0.268 e. The van der Waals surface area contributed by atoms with Gasteiger partial charge < -0.3 is 0 Å². The molecule has 0 aliphatic carbocycles. The molecule has 0 saturated carbocycles. The van der Waals surface area contributed by atoms with Crippen molar-refractivity contribution in [2.45, 2.75) is 6.54 Å². The Balaban J connectivity index is 1.86. The van der Waals surface area contributed by atoms with Gasteiger partial charge in [0.15, 0.2) is 0 Å². The van der Waals surface area contributed by atoms with Crippen LogP contribution in [0.4, 0.5) is 10.5 Å². The van der Waals surface area contributed by atoms with E-state index in [0.29, 0.717) is 5.56 Å². The number of nitrogens with zero attached hydrogens (tertiary/aromatic N) is 2. The number of thioether (sulfide) groups is 1. The standard InChI is InChI=1S/C17H11BrN2O4S/c18-13-7-5-11(6-8-13)10-19-16(21)15(25-17(19)22)9-12-3-1-2-4-14(12)20(23)24/h1-9H,10H2/b15-9+. The molecular weight excluding hydrogens is 408 g/mol. The average Bonchev–Trinajstić information content (AvgIpc) is 2.84. The van der Waals surface area contributed by atoms with E-state index < -0.39 is 16.1 Å². The van der Waals surface area contributed by atoms with Gasteiger partial charge in [0, 0.05) is 10.5 Å². The second kappa shape index (κ2) is 7.20. The van der Waals surface area contributed by atoms with Gasteiger partial charge in [0.25, 0.3) is 16.8 Å². The van der Waals surface area contributed by atoms with Crippen LogP contribution in [-0.2, 0) is 11.3 Å². The second-order valence-electron chi connectivity index (χ2n) is 5.21. The molecule has 2 aromatic rings. The highest BCUT2D eigenvalue weighted by Crippen LogP contribution is 2.34. The number of imide groups is 1. The summed E-state index contributed by atoms with van der Waals surface area (Å²) >= 11 is 4.12. The first-order valence-electron chi connectivity index (χ1n) is 7.19. The van der Waals surface area contributed by atoms with Gasteiger partial charge >= 0.3 is 0 Å². The summed E-state index contributed by atoms with van der Waals surface area (Å²) in [4.78, 5) is 36.5. The maximum atomic E-state index is 12.5. The molecule has 0 radical (unpaired) electrons. The van der Waals surface area contributed by atoms with E-state index in [-0.39, 0.29) is 17.1 Å². The number of benzene rings is 2. The molecule has 126 valence electrons. The molecule has 1 aliphatic rings. The summed E-state index contributed by atoms with van der Waals surface area (Å²) in [5, 5.41) is 10.7. The number of halogens is 1. The molecule has 1 saturated heterocycles. The summed E-state index contributed by atoms with van der Waals surface area (Å²) in [6.07, 6.45) is 1.39. The molecule has 1 heterocycles. The van der Waals surface area contributed by atoms with Crippen molar-refractivity contribution in [2.24, 2.45) is 0 Å². The number of rotatable bonds is 4. The number of carbonyl (C=O) groups is 2. The summed E-state index contributed by atoms with van der Waals surface area (Å²) in [5.41, 5.74) is 1.00. The van der Waals surface area contributed by atoms with E-state index >= 15 is 0 Å². The summed E-state index contributed by atoms with van der Waals surface area (Å²) in [6, 6.07) is 13.4. The molecule has 25 heavy (non-hydrogen) atoms. The van der Waals surface area contributed by atoms with Crippen LogP contribution in [0.3, 0.4) is 0 Å². The molecule has 1 fully saturated rings. The van der Waals surface area contributed by atoms with Crippen molar-refractivity contribution < 1.29 is 14.5 Å². The fourth-order valence-electron chi connectivity index (χ4n) is 2.33. The molecule has 0 unspecified atom stereocenters. The molecule has 3 rings (SSSR count). The molecule has 0 N–H and O–H groups in total. The lowest BCUT2D eigenvalue weighted by Crippen LogP contribution is -2.27. The normalized spacial score (nSPS) is 15.9. The van der Waals surface area contributed by atoms with E-state index in [1.165, 1.54) is 12.1 Å². The van der Waals surface area contributed by atoms with Crippen LogP contribution in [0.1, 0.15) is 11.1 Å². The summed E-state index contributed by atoms with van der Waals surface area (Å²) in [6.45, 7) is 0.159. The maximum Gasteiger partial charge on any atom is 0.293 e. The minimum Gasteiger partial charge on any atom is -0.268 e. The summed E-state index contributed by atoms with van der Waals surface area (Å²) < 4.78 is 0.904. The van der Waals surface area contributed by atoms with Gasteiger partial charge in [0.05, 0.1) is 21.9 Å². The van der Waals surface area contributed by atoms with Crippen LogP contribution in [0, 0.1) is 10.1 Å². The van der Waals surface area contributed by atoms with E-state index in [9.17, 15) is 19.7 Å². The fourth-order valence-corrected chi connectivity index (χ4v) is 3.42. The van der Waals surface area contributed by atoms with Crippen molar-refractivity contribution in [3.63, 3.8) is 0 Å². The number of carbonyl (C=O) groups excluding carboxylic acids is 2. The Morgan fingerprint density at radius 2 is 1.80 bits per heavy atom. The van der Waals surface area contributed by atoms with Crippen LogP contribution in [0.2, 0.25) is 0 Å². The van der Waals surface area contributed by atoms with Crippen LogP contribution in [-0.4, -0.2) is 21.0 Å². The van der Waals surface area contributed by atoms with Crippen molar-refractivity contribution in [2.75, 3.05) is 0 Å². The van der Waals surface area contributed by atoms with E-state index in [4.69, 9.17) is 0 Å². The van der Waals surface area contributed by atoms with Gasteiger partial charge in [-0.2, -0.15) is 0 Å². The molecule has 2 amide bonds. The Bertz CT molecular complexity index is 896. The highest BCUT2D eigenvalue weighted by atomic mass is 79.9. The number of nitro benzene ring substituents is 1. The van der Waals surface area contributed by atoms with Gasteiger partial charge in [-0.25, -0.2) is 0 Å². The van der Waals surface area contributed by atoms with Crippen molar-refractivity contribution in [3.8, 4) is 0 Å². The third-order valence-electron chi connectivity index (χ3n) is 3.55. The number of hydrogen-bond acceptors (Lipinski definition) is 5. The van der Waals surface area contributed by atoms with E-state index in [2.05, 4.69) is 15.9 Å². The lowest BCUT2D eigenvalue weighted by atomic mass is 10.1. The minimum absolute atomic E-state index is 0.109. The summed E-state index contributed by atoms with van der Waals surface area (Å²) in [5.74, 6) is -0.448. The molecule has 8 heteroatoms. The molecule has 0 atom stereocenters. The third kappa shape index (κ3) is 3.80. The zero-order valence-electron chi connectivity index (χ0n) is 12.7. The first-order valence-corrected chi connectivity index (χ1v) is 8.80. The zero-order valence-corrected chi connectivity index (χ0v) is 15.1. The van der Waals surface area contributed by atoms with Crippen molar-refractivity contribution in [3.05, 3.63) is 79.2 Å². The Morgan fingerprint density at radius 1 is 1.12 bits per heavy atom. The zero-order chi connectivity index (χ0) is 18.0. The number of nitro groups is 1. The Morgan fingerprint density at radius 3 is 2.48 bits per heavy atom. The molecule has 0 aromatic heterocycles. The second-order valence-corrected chi connectivity index (χ2v) is 7.12. The highest BCUT2D eigenvalue weighted by molar-refractivity contribution is 9.10. The van der Waals surface area contributed by atoms with Gasteiger partial charge in [-0.15, -0.1) is 0 Å². The monoisotopic (exact) mass is 418 g/mol. The van der Waals surface area contributed by atoms with Crippen molar-refractivity contribution in [1.82, 2.24) is 4.90 Å². The first-order chi connectivity index (χ1) is 12.0. The lowest BCUT2D eigenvalue weighted by Gasteiger charge is -2.12. The highest BCUT2D eigenvalue weighted by Gasteiger charge is 2.35. The molecule has 0 bridgehead atoms. The predicted octanol–water partition coefficient (Wildman–Crippen LogP) is 4.59. The third-order valence-corrected chi connectivity index (χ3v) is 4.98. The minimum atomic E-state index is -0.516. The van der Waals surface area contributed by atoms with E-state index in [0.717, 1.165) is 26.7 Å². The lowest BCUT2D eigenvalue weighted by molar-refractivity contribution is -0.385. The molecular formula is C17H11BrN2O4S. The summed E-state index contributed by atoms with van der Waals surface area (Å²) in [7, 11) is 0. The van der Waals surface area contributed by atoms with Gasteiger partial charge in [-0.3, -0.25) is 24.6 Å². The van der Waals surface area contributed by atoms with Crippen LogP contribution in [0.5, 0.6) is 0 Å². The van der Waals surface area contributed by atoms with Crippen LogP contribution < -0.4 is 0 Å².